The van der Waals surface area contributed by atoms with Crippen molar-refractivity contribution < 1.29 is 9.90 Å². The van der Waals surface area contributed by atoms with E-state index in [2.05, 4.69) is 0 Å². The Bertz CT molecular complexity index is 82.5. The molecule has 0 aromatic rings. The van der Waals surface area contributed by atoms with Gasteiger partial charge in [0.2, 0.25) is 5.91 Å². The van der Waals surface area contributed by atoms with Crippen LogP contribution in [0.5, 0.6) is 0 Å². The number of aliphatic hydroxyl groups excluding tert-OH is 1. The number of carbonyl (C=O) groups excluding carboxylic acids is 1. The number of likely N-dealkylation sites (N-methyl/N-ethyl adjacent to an activating group) is 1. The third-order valence-corrected chi connectivity index (χ3v) is 0.973. The van der Waals surface area contributed by atoms with E-state index in [1.807, 2.05) is 0 Å². The monoisotopic (exact) mass is 117 g/mol. The molecule has 3 nitrogen and oxygen atoms in total. The van der Waals surface area contributed by atoms with Crippen LogP contribution in [0.3, 0.4) is 0 Å². The highest BCUT2D eigenvalue weighted by Crippen LogP contribution is 1.79. The van der Waals surface area contributed by atoms with Crippen molar-refractivity contribution in [3.63, 3.8) is 0 Å². The smallest absolute Gasteiger partial charge is 0.219 e. The molecule has 0 aromatic carbocycles. The molecule has 0 unspecified atom stereocenters. The van der Waals surface area contributed by atoms with Gasteiger partial charge in [-0.05, 0) is 0 Å². The minimum Gasteiger partial charge on any atom is -0.395 e. The molecule has 0 fully saturated rings. The van der Waals surface area contributed by atoms with Gasteiger partial charge in [0.25, 0.3) is 0 Å². The van der Waals surface area contributed by atoms with Crippen LogP contribution >= 0.6 is 0 Å². The second-order valence-electron chi connectivity index (χ2n) is 1.66. The third kappa shape index (κ3) is 2.58. The Morgan fingerprint density at radius 3 is 2.38 bits per heavy atom. The molecule has 0 saturated heterocycles. The topological polar surface area (TPSA) is 40.5 Å². The molecule has 0 saturated carbocycles. The molecule has 0 bridgehead atoms. The average Bonchev–Trinajstić information content (AvgIpc) is 1.67. The number of nitrogens with zero attached hydrogens (tertiary/aromatic N) is 1. The molecule has 3 heteroatoms. The summed E-state index contributed by atoms with van der Waals surface area (Å²) >= 11 is 0. The quantitative estimate of drug-likeness (QED) is 0.527. The van der Waals surface area contributed by atoms with Gasteiger partial charge in [0.05, 0.1) is 6.61 Å². The van der Waals surface area contributed by atoms with E-state index < -0.39 is 0 Å². The molecule has 48 valence electrons. The van der Waals surface area contributed by atoms with Crippen molar-refractivity contribution in [3.05, 3.63) is 0 Å². The zero-order chi connectivity index (χ0) is 6.57. The lowest BCUT2D eigenvalue weighted by molar-refractivity contribution is -0.127. The van der Waals surface area contributed by atoms with E-state index in [9.17, 15) is 4.79 Å². The van der Waals surface area contributed by atoms with E-state index in [0.29, 0.717) is 6.54 Å². The molecule has 0 atom stereocenters. The SMILES string of the molecule is CC(=O)N(C)CCO. The first-order valence-electron chi connectivity index (χ1n) is 2.51. The number of hydrogen-bond acceptors (Lipinski definition) is 2. The van der Waals surface area contributed by atoms with Gasteiger partial charge >= 0.3 is 0 Å². The van der Waals surface area contributed by atoms with Gasteiger partial charge in [0.15, 0.2) is 0 Å². The van der Waals surface area contributed by atoms with Gasteiger partial charge in [-0.25, -0.2) is 0 Å². The maximum absolute atomic E-state index is 10.3. The van der Waals surface area contributed by atoms with E-state index in [-0.39, 0.29) is 12.5 Å². The first kappa shape index (κ1) is 7.43. The summed E-state index contributed by atoms with van der Waals surface area (Å²) in [6.07, 6.45) is 0. The Morgan fingerprint density at radius 2 is 2.25 bits per heavy atom. The summed E-state index contributed by atoms with van der Waals surface area (Å²) in [5.74, 6) is -0.0148. The molecule has 0 spiro atoms. The first-order valence-corrected chi connectivity index (χ1v) is 2.51. The van der Waals surface area contributed by atoms with Gasteiger partial charge < -0.3 is 10.0 Å². The minimum atomic E-state index is -0.0148. The Kier molecular flexibility index (Phi) is 3.19. The lowest BCUT2D eigenvalue weighted by atomic mass is 10.5. The van der Waals surface area contributed by atoms with Crippen molar-refractivity contribution >= 4 is 5.91 Å². The Balaban J connectivity index is 3.32. The summed E-state index contributed by atoms with van der Waals surface area (Å²) in [5.41, 5.74) is 0. The van der Waals surface area contributed by atoms with Crippen molar-refractivity contribution in [3.8, 4) is 0 Å². The second kappa shape index (κ2) is 3.43. The molecule has 0 heterocycles. The van der Waals surface area contributed by atoms with Gasteiger partial charge in [-0.3, -0.25) is 4.79 Å². The highest BCUT2D eigenvalue weighted by molar-refractivity contribution is 5.72. The van der Waals surface area contributed by atoms with Gasteiger partial charge in [-0.2, -0.15) is 0 Å². The van der Waals surface area contributed by atoms with E-state index >= 15 is 0 Å². The summed E-state index contributed by atoms with van der Waals surface area (Å²) < 4.78 is 0. The maximum Gasteiger partial charge on any atom is 0.219 e. The predicted molar refractivity (Wildman–Crippen MR) is 30.4 cm³/mol. The Hall–Kier alpha value is -0.570. The molecule has 0 aliphatic carbocycles. The highest BCUT2D eigenvalue weighted by Gasteiger charge is 1.97. The van der Waals surface area contributed by atoms with Crippen LogP contribution in [-0.4, -0.2) is 36.1 Å². The summed E-state index contributed by atoms with van der Waals surface area (Å²) in [5, 5.41) is 8.29. The van der Waals surface area contributed by atoms with Crippen molar-refractivity contribution in [2.75, 3.05) is 20.2 Å². The highest BCUT2D eigenvalue weighted by atomic mass is 16.3. The van der Waals surface area contributed by atoms with E-state index in [0.717, 1.165) is 0 Å². The lowest BCUT2D eigenvalue weighted by Crippen LogP contribution is -2.26. The van der Waals surface area contributed by atoms with Crippen LogP contribution in [0.25, 0.3) is 0 Å². The molecule has 0 radical (unpaired) electrons. The normalized spacial score (nSPS) is 8.88. The molecule has 0 aliphatic heterocycles. The van der Waals surface area contributed by atoms with Crippen LogP contribution in [0, 0.1) is 0 Å². The predicted octanol–water partition coefficient (Wildman–Crippen LogP) is -0.543. The molecular weight excluding hydrogens is 106 g/mol. The van der Waals surface area contributed by atoms with Crippen molar-refractivity contribution in [1.29, 1.82) is 0 Å². The van der Waals surface area contributed by atoms with E-state index in [1.165, 1.54) is 11.8 Å². The van der Waals surface area contributed by atoms with Crippen LogP contribution in [0.4, 0.5) is 0 Å². The van der Waals surface area contributed by atoms with Gasteiger partial charge in [0.1, 0.15) is 0 Å². The maximum atomic E-state index is 10.3. The van der Waals surface area contributed by atoms with Crippen molar-refractivity contribution in [2.45, 2.75) is 6.92 Å². The summed E-state index contributed by atoms with van der Waals surface area (Å²) in [6, 6.07) is 0. The molecule has 1 N–H and O–H groups in total. The van der Waals surface area contributed by atoms with E-state index in [4.69, 9.17) is 5.11 Å². The van der Waals surface area contributed by atoms with Crippen LogP contribution in [-0.2, 0) is 4.79 Å². The van der Waals surface area contributed by atoms with Crippen LogP contribution < -0.4 is 0 Å². The van der Waals surface area contributed by atoms with Crippen molar-refractivity contribution in [1.82, 2.24) is 4.90 Å². The molecule has 1 amide bonds. The number of carbonyl (C=O) groups is 1. The number of hydrogen-bond donors (Lipinski definition) is 1. The lowest BCUT2D eigenvalue weighted by Gasteiger charge is -2.11. The average molecular weight is 117 g/mol. The van der Waals surface area contributed by atoms with Crippen molar-refractivity contribution in [2.24, 2.45) is 0 Å². The molecule has 0 aliphatic rings. The minimum absolute atomic E-state index is 0.0148. The second-order valence-corrected chi connectivity index (χ2v) is 1.66. The summed E-state index contributed by atoms with van der Waals surface area (Å²) in [6.45, 7) is 1.93. The third-order valence-electron chi connectivity index (χ3n) is 0.973. The van der Waals surface area contributed by atoms with Crippen LogP contribution in [0.15, 0.2) is 0 Å². The molecule has 8 heavy (non-hydrogen) atoms. The number of amides is 1. The first-order chi connectivity index (χ1) is 3.68. The summed E-state index contributed by atoms with van der Waals surface area (Å²) in [4.78, 5) is 11.8. The molecule has 0 rings (SSSR count). The van der Waals surface area contributed by atoms with Crippen LogP contribution in [0.1, 0.15) is 6.92 Å². The number of aliphatic hydroxyl groups is 1. The fourth-order valence-corrected chi connectivity index (χ4v) is 0.307. The summed E-state index contributed by atoms with van der Waals surface area (Å²) in [7, 11) is 1.65. The molecular formula is C5H11NO2. The van der Waals surface area contributed by atoms with E-state index in [1.54, 1.807) is 7.05 Å². The van der Waals surface area contributed by atoms with Gasteiger partial charge in [0, 0.05) is 20.5 Å². The Morgan fingerprint density at radius 1 is 1.75 bits per heavy atom. The fraction of sp³-hybridized carbons (Fsp3) is 0.800. The largest absolute Gasteiger partial charge is 0.395 e. The van der Waals surface area contributed by atoms with Gasteiger partial charge in [-0.15, -0.1) is 0 Å². The van der Waals surface area contributed by atoms with Crippen LogP contribution in [0.2, 0.25) is 0 Å². The van der Waals surface area contributed by atoms with Gasteiger partial charge in [-0.1, -0.05) is 0 Å². The number of rotatable bonds is 2. The zero-order valence-corrected chi connectivity index (χ0v) is 5.22. The Labute approximate surface area is 48.9 Å². The molecule has 0 aromatic heterocycles. The zero-order valence-electron chi connectivity index (χ0n) is 5.22. The standard InChI is InChI=1S/C5H11NO2/c1-5(8)6(2)3-4-7/h7H,3-4H2,1-2H3. The fourth-order valence-electron chi connectivity index (χ4n) is 0.307.